The van der Waals surface area contributed by atoms with Gasteiger partial charge in [0.1, 0.15) is 5.76 Å². The fourth-order valence-corrected chi connectivity index (χ4v) is 4.55. The van der Waals surface area contributed by atoms with E-state index >= 15 is 0 Å². The molecule has 25 heavy (non-hydrogen) atoms. The van der Waals surface area contributed by atoms with Gasteiger partial charge in [-0.05, 0) is 37.3 Å². The van der Waals surface area contributed by atoms with Crippen LogP contribution in [0.25, 0.3) is 0 Å². The summed E-state index contributed by atoms with van der Waals surface area (Å²) in [5.41, 5.74) is 6.86. The summed E-state index contributed by atoms with van der Waals surface area (Å²) < 4.78 is 5.33. The minimum atomic E-state index is -0.284. The number of ether oxygens (including phenoxy) is 1. The Morgan fingerprint density at radius 3 is 2.80 bits per heavy atom. The van der Waals surface area contributed by atoms with Crippen LogP contribution in [0, 0.1) is 11.8 Å². The van der Waals surface area contributed by atoms with Crippen molar-refractivity contribution >= 4 is 16.5 Å². The average molecular weight is 361 g/mol. The maximum atomic E-state index is 10.9. The largest absolute Gasteiger partial charge is 0.497 e. The number of nitrogens with two attached hydrogens (primary N) is 1. The predicted octanol–water partition coefficient (Wildman–Crippen LogP) is 4.41. The molecule has 1 saturated carbocycles. The smallest absolute Gasteiger partial charge is 0.180 e. The van der Waals surface area contributed by atoms with Gasteiger partial charge in [-0.15, -0.1) is 11.3 Å². The lowest BCUT2D eigenvalue weighted by Gasteiger charge is -2.30. The molecule has 3 rings (SSSR count). The van der Waals surface area contributed by atoms with Crippen molar-refractivity contribution in [2.24, 2.45) is 11.8 Å². The molecule has 3 atom stereocenters. The molecule has 2 aliphatic carbocycles. The molecule has 2 aliphatic rings. The third-order valence-electron chi connectivity index (χ3n) is 5.39. The Kier molecular flexibility index (Phi) is 6.32. The number of allylic oxidation sites excluding steroid dienone is 5. The Morgan fingerprint density at radius 1 is 1.32 bits per heavy atom. The Hall–Kier alpha value is -1.59. The summed E-state index contributed by atoms with van der Waals surface area (Å²) in [5.74, 6) is 1.55. The number of methoxy groups -OCH3 is 1. The quantitative estimate of drug-likeness (QED) is 0.788. The van der Waals surface area contributed by atoms with E-state index in [0.29, 0.717) is 11.0 Å². The number of nitrogens with zero attached hydrogens (tertiary/aromatic N) is 1. The van der Waals surface area contributed by atoms with Crippen molar-refractivity contribution in [1.82, 2.24) is 4.98 Å². The highest BCUT2D eigenvalue weighted by atomic mass is 32.1. The summed E-state index contributed by atoms with van der Waals surface area (Å²) >= 11 is 1.47. The van der Waals surface area contributed by atoms with Crippen molar-refractivity contribution in [2.75, 3.05) is 12.8 Å². The molecule has 0 bridgehead atoms. The first kappa shape index (κ1) is 18.2. The van der Waals surface area contributed by atoms with Gasteiger partial charge < -0.3 is 15.6 Å². The van der Waals surface area contributed by atoms with Crippen molar-refractivity contribution in [3.05, 3.63) is 47.2 Å². The standard InChI is InChI=1S/C20H28N2O2S/c1-24-16-9-5-8-14(10-11-16)17(18-13-25-20(21)22-18)12-19(23)15-6-3-2-4-7-15/h5,8-11,13-15,17,19,23H,2-4,6-7,12H2,1H3,(H2,21,22). The monoisotopic (exact) mass is 360 g/mol. The maximum Gasteiger partial charge on any atom is 0.180 e. The Morgan fingerprint density at radius 2 is 2.12 bits per heavy atom. The van der Waals surface area contributed by atoms with E-state index in [1.807, 2.05) is 23.6 Å². The molecule has 0 aliphatic heterocycles. The van der Waals surface area contributed by atoms with Crippen LogP contribution >= 0.6 is 11.3 Å². The van der Waals surface area contributed by atoms with E-state index < -0.39 is 0 Å². The molecule has 136 valence electrons. The topological polar surface area (TPSA) is 68.4 Å². The van der Waals surface area contributed by atoms with Crippen molar-refractivity contribution in [3.8, 4) is 0 Å². The fraction of sp³-hybridized carbons (Fsp3) is 0.550. The van der Waals surface area contributed by atoms with E-state index in [-0.39, 0.29) is 17.9 Å². The molecule has 1 aromatic rings. The van der Waals surface area contributed by atoms with Crippen LogP contribution in [0.4, 0.5) is 5.13 Å². The highest BCUT2D eigenvalue weighted by molar-refractivity contribution is 7.13. The van der Waals surface area contributed by atoms with Gasteiger partial charge in [-0.1, -0.05) is 37.5 Å². The summed E-state index contributed by atoms with van der Waals surface area (Å²) in [7, 11) is 1.68. The van der Waals surface area contributed by atoms with Gasteiger partial charge in [-0.3, -0.25) is 0 Å². The van der Waals surface area contributed by atoms with Crippen molar-refractivity contribution in [3.63, 3.8) is 0 Å². The van der Waals surface area contributed by atoms with E-state index in [4.69, 9.17) is 10.5 Å². The lowest BCUT2D eigenvalue weighted by molar-refractivity contribution is 0.0680. The first-order valence-electron chi connectivity index (χ1n) is 9.17. The number of rotatable bonds is 6. The fourth-order valence-electron chi connectivity index (χ4n) is 3.93. The first-order valence-corrected chi connectivity index (χ1v) is 10.0. The van der Waals surface area contributed by atoms with Gasteiger partial charge in [0.05, 0.1) is 18.9 Å². The normalized spacial score (nSPS) is 23.8. The van der Waals surface area contributed by atoms with Gasteiger partial charge >= 0.3 is 0 Å². The first-order chi connectivity index (χ1) is 12.2. The highest BCUT2D eigenvalue weighted by Crippen LogP contribution is 2.37. The number of aliphatic hydroxyl groups excluding tert-OH is 1. The number of nitrogen functional groups attached to an aromatic ring is 1. The number of anilines is 1. The summed E-state index contributed by atoms with van der Waals surface area (Å²) in [6.45, 7) is 0. The van der Waals surface area contributed by atoms with Gasteiger partial charge in [0.15, 0.2) is 5.13 Å². The Labute approximate surface area is 154 Å². The van der Waals surface area contributed by atoms with Gasteiger partial charge in [0.25, 0.3) is 0 Å². The molecular formula is C20H28N2O2S. The zero-order valence-corrected chi connectivity index (χ0v) is 15.6. The molecule has 0 saturated heterocycles. The molecule has 3 unspecified atom stereocenters. The third kappa shape index (κ3) is 4.73. The molecular weight excluding hydrogens is 332 g/mol. The summed E-state index contributed by atoms with van der Waals surface area (Å²) in [6, 6.07) is 0. The van der Waals surface area contributed by atoms with Crippen LogP contribution < -0.4 is 5.73 Å². The molecule has 0 spiro atoms. The SMILES string of the molecule is COC1=CC=CC(C(CC(O)C2CCCCC2)c2csc(N)n2)C=C1. The van der Waals surface area contributed by atoms with Crippen molar-refractivity contribution in [1.29, 1.82) is 0 Å². The minimum absolute atomic E-state index is 0.127. The number of aliphatic hydroxyl groups is 1. The summed E-state index contributed by atoms with van der Waals surface area (Å²) in [4.78, 5) is 4.52. The van der Waals surface area contributed by atoms with E-state index in [0.717, 1.165) is 30.7 Å². The number of hydrogen-bond donors (Lipinski definition) is 2. The highest BCUT2D eigenvalue weighted by Gasteiger charge is 2.29. The lowest BCUT2D eigenvalue weighted by Crippen LogP contribution is -2.27. The van der Waals surface area contributed by atoms with E-state index in [2.05, 4.69) is 17.1 Å². The number of aromatic nitrogens is 1. The molecule has 4 nitrogen and oxygen atoms in total. The van der Waals surface area contributed by atoms with E-state index in [1.54, 1.807) is 7.11 Å². The second kappa shape index (κ2) is 8.68. The van der Waals surface area contributed by atoms with Gasteiger partial charge in [-0.2, -0.15) is 0 Å². The van der Waals surface area contributed by atoms with Gasteiger partial charge in [0, 0.05) is 17.2 Å². The summed E-state index contributed by atoms with van der Waals surface area (Å²) in [6.07, 6.45) is 16.8. The van der Waals surface area contributed by atoms with E-state index in [9.17, 15) is 5.11 Å². The van der Waals surface area contributed by atoms with Gasteiger partial charge in [0.2, 0.25) is 0 Å². The maximum absolute atomic E-state index is 10.9. The number of hydrogen-bond acceptors (Lipinski definition) is 5. The summed E-state index contributed by atoms with van der Waals surface area (Å²) in [5, 5.41) is 13.5. The molecule has 1 aromatic heterocycles. The van der Waals surface area contributed by atoms with Crippen LogP contribution in [-0.4, -0.2) is 23.3 Å². The lowest BCUT2D eigenvalue weighted by atomic mass is 9.78. The molecule has 5 heteroatoms. The predicted molar refractivity (Wildman–Crippen MR) is 103 cm³/mol. The molecule has 3 N–H and O–H groups in total. The Balaban J connectivity index is 1.78. The number of thiazole rings is 1. The van der Waals surface area contributed by atoms with Crippen LogP contribution in [-0.2, 0) is 4.74 Å². The van der Waals surface area contributed by atoms with Crippen LogP contribution in [0.1, 0.15) is 50.1 Å². The molecule has 1 fully saturated rings. The van der Waals surface area contributed by atoms with Crippen molar-refractivity contribution in [2.45, 2.75) is 50.5 Å². The molecule has 1 heterocycles. The zero-order chi connectivity index (χ0) is 17.6. The average Bonchev–Trinajstić information content (AvgIpc) is 2.93. The zero-order valence-electron chi connectivity index (χ0n) is 14.8. The van der Waals surface area contributed by atoms with Crippen LogP contribution in [0.2, 0.25) is 0 Å². The molecule has 0 amide bonds. The van der Waals surface area contributed by atoms with Gasteiger partial charge in [-0.25, -0.2) is 4.98 Å². The molecule has 0 aromatic carbocycles. The van der Waals surface area contributed by atoms with Crippen molar-refractivity contribution < 1.29 is 9.84 Å². The van der Waals surface area contributed by atoms with Crippen LogP contribution in [0.5, 0.6) is 0 Å². The second-order valence-electron chi connectivity index (χ2n) is 7.01. The third-order valence-corrected chi connectivity index (χ3v) is 6.08. The minimum Gasteiger partial charge on any atom is -0.497 e. The molecule has 0 radical (unpaired) electrons. The van der Waals surface area contributed by atoms with Crippen LogP contribution in [0.15, 0.2) is 41.5 Å². The Bertz CT molecular complexity index is 644. The second-order valence-corrected chi connectivity index (χ2v) is 7.90. The van der Waals surface area contributed by atoms with Crippen LogP contribution in [0.3, 0.4) is 0 Å². The van der Waals surface area contributed by atoms with E-state index in [1.165, 1.54) is 30.6 Å².